The lowest BCUT2D eigenvalue weighted by Gasteiger charge is -2.32. The number of benzene rings is 2. The Morgan fingerprint density at radius 3 is 2.79 bits per heavy atom. The molecule has 34 heavy (non-hydrogen) atoms. The van der Waals surface area contributed by atoms with Gasteiger partial charge in [-0.1, -0.05) is 18.6 Å². The number of methoxy groups -OCH3 is 1. The van der Waals surface area contributed by atoms with Crippen molar-refractivity contribution in [2.75, 3.05) is 27.3 Å². The van der Waals surface area contributed by atoms with Gasteiger partial charge in [-0.25, -0.2) is 0 Å². The first-order valence-electron chi connectivity index (χ1n) is 12.2. The van der Waals surface area contributed by atoms with E-state index < -0.39 is 5.54 Å². The van der Waals surface area contributed by atoms with E-state index in [0.29, 0.717) is 18.2 Å². The standard InChI is InChI=1S/C28H33N3O3/c1-19-9-10-21(34-18-20-7-4-5-14-31(20)2)15-24(19)27(32)30-28(11-12-28)25-16-22(33-3)17-26-23(25)8-6-13-29-26/h6,8-10,13,15-17,20H,4-5,7,11-12,14,18H2,1-3H3,(H,30,32)/t20-/m0/s1. The van der Waals surface area contributed by atoms with Crippen LogP contribution in [0.25, 0.3) is 10.9 Å². The van der Waals surface area contributed by atoms with E-state index in [0.717, 1.165) is 59.3 Å². The van der Waals surface area contributed by atoms with Crippen molar-refractivity contribution in [3.05, 3.63) is 65.4 Å². The number of nitrogens with one attached hydrogen (secondary N) is 1. The molecule has 1 amide bonds. The summed E-state index contributed by atoms with van der Waals surface area (Å²) in [6.45, 7) is 3.73. The molecule has 0 radical (unpaired) electrons. The highest BCUT2D eigenvalue weighted by Crippen LogP contribution is 2.49. The van der Waals surface area contributed by atoms with Crippen molar-refractivity contribution in [3.63, 3.8) is 0 Å². The summed E-state index contributed by atoms with van der Waals surface area (Å²) in [4.78, 5) is 20.4. The van der Waals surface area contributed by atoms with Crippen LogP contribution in [-0.2, 0) is 5.54 Å². The molecular weight excluding hydrogens is 426 g/mol. The van der Waals surface area contributed by atoms with Gasteiger partial charge in [-0.05, 0) is 81.6 Å². The lowest BCUT2D eigenvalue weighted by atomic mass is 9.97. The number of fused-ring (bicyclic) bond motifs is 1. The molecule has 3 aromatic rings. The molecule has 1 saturated heterocycles. The van der Waals surface area contributed by atoms with Gasteiger partial charge in [0.1, 0.15) is 18.1 Å². The molecule has 1 N–H and O–H groups in total. The fraction of sp³-hybridized carbons (Fsp3) is 0.429. The molecular formula is C28H33N3O3. The molecule has 6 heteroatoms. The first kappa shape index (κ1) is 22.7. The van der Waals surface area contributed by atoms with Gasteiger partial charge in [-0.3, -0.25) is 9.78 Å². The van der Waals surface area contributed by atoms with E-state index in [1.165, 1.54) is 12.8 Å². The molecule has 1 saturated carbocycles. The van der Waals surface area contributed by atoms with Crippen molar-refractivity contribution < 1.29 is 14.3 Å². The van der Waals surface area contributed by atoms with E-state index in [4.69, 9.17) is 9.47 Å². The van der Waals surface area contributed by atoms with Crippen LogP contribution in [0, 0.1) is 6.92 Å². The van der Waals surface area contributed by atoms with Crippen LogP contribution in [0.5, 0.6) is 11.5 Å². The van der Waals surface area contributed by atoms with Gasteiger partial charge in [0.2, 0.25) is 0 Å². The van der Waals surface area contributed by atoms with Crippen molar-refractivity contribution in [2.24, 2.45) is 0 Å². The number of likely N-dealkylation sites (N-methyl/N-ethyl adjacent to an activating group) is 1. The van der Waals surface area contributed by atoms with E-state index in [1.807, 2.05) is 43.3 Å². The van der Waals surface area contributed by atoms with Crippen LogP contribution >= 0.6 is 0 Å². The highest BCUT2D eigenvalue weighted by Gasteiger charge is 2.47. The Hall–Kier alpha value is -3.12. The quantitative estimate of drug-likeness (QED) is 0.548. The maximum atomic E-state index is 13.5. The van der Waals surface area contributed by atoms with Crippen molar-refractivity contribution in [3.8, 4) is 11.5 Å². The summed E-state index contributed by atoms with van der Waals surface area (Å²) in [7, 11) is 3.82. The van der Waals surface area contributed by atoms with Gasteiger partial charge < -0.3 is 19.7 Å². The molecule has 2 aliphatic rings. The molecule has 2 aromatic carbocycles. The number of nitrogens with zero attached hydrogens (tertiary/aromatic N) is 2. The lowest BCUT2D eigenvalue weighted by Crippen LogP contribution is -2.40. The van der Waals surface area contributed by atoms with Crippen LogP contribution < -0.4 is 14.8 Å². The number of pyridine rings is 1. The Balaban J connectivity index is 1.36. The largest absolute Gasteiger partial charge is 0.497 e. The molecule has 1 aliphatic heterocycles. The second-order valence-corrected chi connectivity index (χ2v) is 9.70. The number of carbonyl (C=O) groups is 1. The van der Waals surface area contributed by atoms with Crippen LogP contribution in [-0.4, -0.2) is 49.1 Å². The van der Waals surface area contributed by atoms with Crippen molar-refractivity contribution in [2.45, 2.75) is 50.6 Å². The molecule has 1 aliphatic carbocycles. The van der Waals surface area contributed by atoms with Crippen LogP contribution in [0.1, 0.15) is 53.6 Å². The average molecular weight is 460 g/mol. The highest BCUT2D eigenvalue weighted by atomic mass is 16.5. The molecule has 1 aromatic heterocycles. The van der Waals surface area contributed by atoms with Crippen LogP contribution in [0.2, 0.25) is 0 Å². The fourth-order valence-corrected chi connectivity index (χ4v) is 5.02. The normalized spacial score (nSPS) is 19.6. The fourth-order valence-electron chi connectivity index (χ4n) is 5.02. The van der Waals surface area contributed by atoms with Gasteiger partial charge in [-0.15, -0.1) is 0 Å². The number of hydrogen-bond donors (Lipinski definition) is 1. The number of piperidine rings is 1. The zero-order valence-electron chi connectivity index (χ0n) is 20.3. The van der Waals surface area contributed by atoms with Gasteiger partial charge in [0.15, 0.2) is 0 Å². The van der Waals surface area contributed by atoms with E-state index in [1.54, 1.807) is 13.3 Å². The molecule has 2 heterocycles. The Morgan fingerprint density at radius 2 is 2.03 bits per heavy atom. The topological polar surface area (TPSA) is 63.7 Å². The Morgan fingerprint density at radius 1 is 1.18 bits per heavy atom. The van der Waals surface area contributed by atoms with E-state index in [2.05, 4.69) is 28.3 Å². The lowest BCUT2D eigenvalue weighted by molar-refractivity contribution is 0.0929. The summed E-state index contributed by atoms with van der Waals surface area (Å²) in [6, 6.07) is 14.2. The maximum absolute atomic E-state index is 13.5. The number of likely N-dealkylation sites (tertiary alicyclic amines) is 1. The third-order valence-electron chi connectivity index (χ3n) is 7.37. The monoisotopic (exact) mass is 459 g/mol. The molecule has 6 nitrogen and oxygen atoms in total. The second kappa shape index (κ2) is 9.26. The first-order valence-corrected chi connectivity index (χ1v) is 12.2. The minimum Gasteiger partial charge on any atom is -0.497 e. The number of ether oxygens (including phenoxy) is 2. The van der Waals surface area contributed by atoms with E-state index in [9.17, 15) is 4.79 Å². The van der Waals surface area contributed by atoms with Crippen LogP contribution in [0.3, 0.4) is 0 Å². The summed E-state index contributed by atoms with van der Waals surface area (Å²) in [5.74, 6) is 1.42. The highest BCUT2D eigenvalue weighted by molar-refractivity contribution is 5.97. The zero-order valence-corrected chi connectivity index (χ0v) is 20.3. The number of aromatic nitrogens is 1. The average Bonchev–Trinajstić information content (AvgIpc) is 3.63. The third kappa shape index (κ3) is 4.47. The molecule has 0 bridgehead atoms. The molecule has 1 atom stereocenters. The first-order chi connectivity index (χ1) is 16.5. The Labute approximate surface area is 201 Å². The summed E-state index contributed by atoms with van der Waals surface area (Å²) >= 11 is 0. The Kier molecular flexibility index (Phi) is 6.17. The van der Waals surface area contributed by atoms with Gasteiger partial charge in [-0.2, -0.15) is 0 Å². The Bertz CT molecular complexity index is 1200. The predicted molar refractivity (Wildman–Crippen MR) is 134 cm³/mol. The summed E-state index contributed by atoms with van der Waals surface area (Å²) < 4.78 is 11.7. The van der Waals surface area contributed by atoms with Gasteiger partial charge in [0.25, 0.3) is 5.91 Å². The second-order valence-electron chi connectivity index (χ2n) is 9.70. The molecule has 5 rings (SSSR count). The molecule has 0 spiro atoms. The molecule has 2 fully saturated rings. The minimum atomic E-state index is -0.402. The van der Waals surface area contributed by atoms with Crippen LogP contribution in [0.15, 0.2) is 48.7 Å². The molecule has 0 unspecified atom stereocenters. The molecule has 178 valence electrons. The van der Waals surface area contributed by atoms with Crippen molar-refractivity contribution in [1.82, 2.24) is 15.2 Å². The smallest absolute Gasteiger partial charge is 0.252 e. The number of aryl methyl sites for hydroxylation is 1. The van der Waals surface area contributed by atoms with Gasteiger partial charge in [0, 0.05) is 29.3 Å². The number of hydrogen-bond acceptors (Lipinski definition) is 5. The summed E-state index contributed by atoms with van der Waals surface area (Å²) in [5.41, 5.74) is 3.13. The van der Waals surface area contributed by atoms with Crippen molar-refractivity contribution >= 4 is 16.8 Å². The summed E-state index contributed by atoms with van der Waals surface area (Å²) in [6.07, 6.45) is 7.21. The number of amides is 1. The third-order valence-corrected chi connectivity index (χ3v) is 7.37. The van der Waals surface area contributed by atoms with Gasteiger partial charge in [0.05, 0.1) is 18.2 Å². The van der Waals surface area contributed by atoms with E-state index >= 15 is 0 Å². The number of rotatable bonds is 7. The SMILES string of the molecule is COc1cc(C2(NC(=O)c3cc(OC[C@@H]4CCCCN4C)ccc3C)CC2)c2cccnc2c1. The number of carbonyl (C=O) groups excluding carboxylic acids is 1. The predicted octanol–water partition coefficient (Wildman–Crippen LogP) is 4.83. The maximum Gasteiger partial charge on any atom is 0.252 e. The van der Waals surface area contributed by atoms with Crippen LogP contribution in [0.4, 0.5) is 0 Å². The van der Waals surface area contributed by atoms with Crippen molar-refractivity contribution in [1.29, 1.82) is 0 Å². The summed E-state index contributed by atoms with van der Waals surface area (Å²) in [5, 5.41) is 4.39. The zero-order chi connectivity index (χ0) is 23.7. The minimum absolute atomic E-state index is 0.0740. The van der Waals surface area contributed by atoms with Gasteiger partial charge >= 0.3 is 0 Å². The van der Waals surface area contributed by atoms with E-state index in [-0.39, 0.29) is 5.91 Å².